The average Bonchev–Trinajstić information content (AvgIpc) is 1.56. The number of Topliss-reactive ketones (excluding diaryl/α,β-unsaturated/α-hetero) is 3. The van der Waals surface area contributed by atoms with Crippen LogP contribution in [0.5, 0.6) is 0 Å². The van der Waals surface area contributed by atoms with Gasteiger partial charge < -0.3 is 39.5 Å². The number of amides is 2. The highest BCUT2D eigenvalue weighted by Gasteiger charge is 2.31. The Labute approximate surface area is 621 Å². The van der Waals surface area contributed by atoms with Crippen LogP contribution >= 0.6 is 0 Å². The second kappa shape index (κ2) is 31.8. The van der Waals surface area contributed by atoms with Gasteiger partial charge in [0.2, 0.25) is 5.78 Å². The van der Waals surface area contributed by atoms with E-state index >= 15 is 0 Å². The zero-order valence-electron chi connectivity index (χ0n) is 59.9. The number of ether oxygens (including phenoxy) is 4. The SMILES string of the molecule is C=C(C)C(=O)OCCCC(=O)c1ccc(-c2c3nc(c(-c4ccc(C(=O)CCCOC(=O)C(=C)C)cc4)c4[nH]c(c(-c5ccc(C(=O)NCCOC(=O)C(C)=O)cc5)c5nc(c(-c6ccc(C(=O)NCCOC(=O)C(=C)C)cc6)c6[nH]c2c2ccccc62)-c2ccccc2-5)c2ccccc42)-c2ccccc2-3)cc1. The van der Waals surface area contributed by atoms with Crippen LogP contribution in [-0.2, 0) is 42.9 Å². The van der Waals surface area contributed by atoms with Crippen molar-refractivity contribution in [3.05, 3.63) is 253 Å². The fraction of sp³-hybridized carbons (Fsp3) is 0.157. The maximum atomic E-state index is 14.1. The number of esters is 4. The van der Waals surface area contributed by atoms with Crippen LogP contribution in [0.3, 0.4) is 0 Å². The summed E-state index contributed by atoms with van der Waals surface area (Å²) < 4.78 is 21.0. The number of carbonyl (C=O) groups excluding carboxylic acids is 9. The Morgan fingerprint density at radius 2 is 0.593 bits per heavy atom. The normalized spacial score (nSPS) is 11.2. The van der Waals surface area contributed by atoms with Gasteiger partial charge in [-0.25, -0.2) is 29.1 Å². The second-order valence-electron chi connectivity index (χ2n) is 26.4. The smallest absolute Gasteiger partial charge is 0.374 e. The molecule has 1 aliphatic carbocycles. The molecule has 10 aromatic rings. The number of rotatable bonds is 26. The highest BCUT2D eigenvalue weighted by atomic mass is 16.5. The minimum absolute atomic E-state index is 0.0420. The molecule has 0 saturated heterocycles. The van der Waals surface area contributed by atoms with Crippen LogP contribution in [0.15, 0.2) is 231 Å². The fourth-order valence-corrected chi connectivity index (χ4v) is 13.4. The molecule has 19 nitrogen and oxygen atoms in total. The molecule has 19 heteroatoms. The topological polar surface area (TPSA) is 272 Å². The van der Waals surface area contributed by atoms with Crippen LogP contribution in [0.4, 0.5) is 0 Å². The predicted octanol–water partition coefficient (Wildman–Crippen LogP) is 16.8. The Balaban J connectivity index is 1.12. The number of benzene rings is 8. The highest BCUT2D eigenvalue weighted by Crippen LogP contribution is 2.52. The lowest BCUT2D eigenvalue weighted by Crippen LogP contribution is -2.28. The van der Waals surface area contributed by atoms with Crippen molar-refractivity contribution < 1.29 is 62.1 Å². The van der Waals surface area contributed by atoms with Gasteiger partial charge in [0.15, 0.2) is 11.6 Å². The molecule has 8 bridgehead atoms. The molecule has 2 amide bonds. The molecule has 0 radical (unpaired) electrons. The van der Waals surface area contributed by atoms with Crippen LogP contribution < -0.4 is 10.6 Å². The van der Waals surface area contributed by atoms with Crippen LogP contribution in [0.1, 0.15) is 94.8 Å². The Hall–Kier alpha value is -13.6. The monoisotopic (exact) mass is 1430 g/mol. The van der Waals surface area contributed by atoms with Gasteiger partial charge in [-0.1, -0.05) is 190 Å². The Morgan fingerprint density at radius 1 is 0.333 bits per heavy atom. The molecular formula is C89H74N6O13. The number of hydrogen-bond donors (Lipinski definition) is 4. The second-order valence-corrected chi connectivity index (χ2v) is 26.4. The summed E-state index contributed by atoms with van der Waals surface area (Å²) in [6.07, 6.45) is 0.810. The van der Waals surface area contributed by atoms with E-state index < -0.39 is 41.5 Å². The molecule has 108 heavy (non-hydrogen) atoms. The first-order valence-corrected chi connectivity index (χ1v) is 35.3. The summed E-state index contributed by atoms with van der Waals surface area (Å²) in [5.74, 6) is -4.55. The molecule has 8 aromatic carbocycles. The van der Waals surface area contributed by atoms with Crippen molar-refractivity contribution in [3.8, 4) is 89.5 Å². The van der Waals surface area contributed by atoms with Gasteiger partial charge in [-0.05, 0) is 80.1 Å². The van der Waals surface area contributed by atoms with Gasteiger partial charge in [-0.3, -0.25) is 24.0 Å². The average molecular weight is 1440 g/mol. The van der Waals surface area contributed by atoms with E-state index in [0.29, 0.717) is 124 Å². The van der Waals surface area contributed by atoms with E-state index in [1.807, 2.05) is 146 Å². The molecule has 2 aliphatic heterocycles. The van der Waals surface area contributed by atoms with Gasteiger partial charge in [0.05, 0.1) is 71.1 Å². The van der Waals surface area contributed by atoms with Crippen molar-refractivity contribution >= 4 is 96.7 Å². The molecule has 3 aliphatic rings. The van der Waals surface area contributed by atoms with Crippen LogP contribution in [0.25, 0.3) is 133 Å². The molecule has 0 spiro atoms. The van der Waals surface area contributed by atoms with Gasteiger partial charge in [0.25, 0.3) is 11.8 Å². The molecule has 2 aromatic heterocycles. The minimum atomic E-state index is -1.01. The molecule has 0 saturated carbocycles. The van der Waals surface area contributed by atoms with Crippen molar-refractivity contribution in [2.75, 3.05) is 39.5 Å². The summed E-state index contributed by atoms with van der Waals surface area (Å²) in [6, 6.07) is 61.2. The van der Waals surface area contributed by atoms with Crippen LogP contribution in [-0.4, -0.2) is 112 Å². The highest BCUT2D eigenvalue weighted by molar-refractivity contribution is 6.32. The fourth-order valence-electron chi connectivity index (χ4n) is 13.4. The van der Waals surface area contributed by atoms with E-state index in [2.05, 4.69) is 40.3 Å². The Morgan fingerprint density at radius 3 is 0.870 bits per heavy atom. The van der Waals surface area contributed by atoms with Crippen LogP contribution in [0, 0.1) is 0 Å². The van der Waals surface area contributed by atoms with E-state index in [0.717, 1.165) is 50.7 Å². The molecule has 13 rings (SSSR count). The number of aromatic amines is 2. The summed E-state index contributed by atoms with van der Waals surface area (Å²) in [7, 11) is 0. The van der Waals surface area contributed by atoms with Crippen molar-refractivity contribution in [1.82, 2.24) is 30.6 Å². The summed E-state index contributed by atoms with van der Waals surface area (Å²) >= 11 is 0. The van der Waals surface area contributed by atoms with E-state index in [9.17, 15) is 43.2 Å². The lowest BCUT2D eigenvalue weighted by Gasteiger charge is -2.10. The number of H-pyrrole nitrogens is 2. The number of carbonyl (C=O) groups is 9. The molecule has 4 heterocycles. The van der Waals surface area contributed by atoms with Crippen molar-refractivity contribution in [2.45, 2.75) is 53.4 Å². The van der Waals surface area contributed by atoms with Crippen LogP contribution in [0.2, 0.25) is 0 Å². The third kappa shape index (κ3) is 15.1. The van der Waals surface area contributed by atoms with E-state index in [1.54, 1.807) is 69.3 Å². The summed E-state index contributed by atoms with van der Waals surface area (Å²) in [6.45, 7) is 16.6. The van der Waals surface area contributed by atoms with Crippen molar-refractivity contribution in [1.29, 1.82) is 0 Å². The molecular weight excluding hydrogens is 1360 g/mol. The summed E-state index contributed by atoms with van der Waals surface area (Å²) in [5.41, 5.74) is 15.6. The van der Waals surface area contributed by atoms with Gasteiger partial charge in [0.1, 0.15) is 13.2 Å². The third-order valence-electron chi connectivity index (χ3n) is 18.7. The maximum Gasteiger partial charge on any atom is 0.374 e. The molecule has 4 N–H and O–H groups in total. The van der Waals surface area contributed by atoms with Crippen molar-refractivity contribution in [2.24, 2.45) is 0 Å². The van der Waals surface area contributed by atoms with Gasteiger partial charge in [-0.15, -0.1) is 0 Å². The molecule has 538 valence electrons. The summed E-state index contributed by atoms with van der Waals surface area (Å²) in [4.78, 5) is 136. The number of nitrogens with zero attached hydrogens (tertiary/aromatic N) is 2. The Bertz CT molecular complexity index is 5050. The summed E-state index contributed by atoms with van der Waals surface area (Å²) in [5, 5.41) is 8.83. The predicted molar refractivity (Wildman–Crippen MR) is 417 cm³/mol. The van der Waals surface area contributed by atoms with E-state index in [4.69, 9.17) is 28.9 Å². The first kappa shape index (κ1) is 72.8. The van der Waals surface area contributed by atoms with Gasteiger partial charge in [0, 0.05) is 125 Å². The molecule has 0 atom stereocenters. The third-order valence-corrected chi connectivity index (χ3v) is 18.7. The largest absolute Gasteiger partial charge is 0.462 e. The number of aromatic nitrogens is 4. The standard InChI is InChI=1S/C89H74N6O13/c1-50(2)86(101)105-46-16-26-70(97)54-28-32-56(33-29-54)72-76-62-18-8-9-19-63(62)77(92-76)73(57-34-30-55(31-35-57)71(98)27-17-47-106-87(102)51(3)4)79-65-21-11-13-23-67(65)81(94-79)75(59-38-42-61(43-39-59)85(100)91-45-49-108-89(104)53(7)96)83-69-25-15-14-24-68(69)82(95-83)74(80-66-22-12-10-20-64(66)78(72)93-80)58-36-40-60(41-37-58)84(99)90-44-48-107-88(103)52(5)6/h8-15,18-25,28-43,93-94H,1,3,5,16-17,26-27,44-49H2,2,4,6-7H3,(H,90,99)(H,91,100). The van der Waals surface area contributed by atoms with E-state index in [1.165, 1.54) is 0 Å². The lowest BCUT2D eigenvalue weighted by atomic mass is 9.92. The zero-order chi connectivity index (χ0) is 75.9. The lowest BCUT2D eigenvalue weighted by molar-refractivity contribution is -0.152. The first-order valence-electron chi connectivity index (χ1n) is 35.3. The zero-order valence-corrected chi connectivity index (χ0v) is 59.9. The quantitative estimate of drug-likeness (QED) is 0.00980. The maximum absolute atomic E-state index is 14.1. The molecule has 0 fully saturated rings. The number of ketones is 3. The molecule has 0 unspecified atom stereocenters. The minimum Gasteiger partial charge on any atom is -0.462 e. The Kier molecular flexibility index (Phi) is 21.4. The number of hydrogen-bond acceptors (Lipinski definition) is 15. The van der Waals surface area contributed by atoms with E-state index in [-0.39, 0.29) is 80.6 Å². The van der Waals surface area contributed by atoms with Crippen molar-refractivity contribution in [3.63, 3.8) is 0 Å². The van der Waals surface area contributed by atoms with Gasteiger partial charge in [-0.2, -0.15) is 0 Å². The van der Waals surface area contributed by atoms with Gasteiger partial charge >= 0.3 is 23.9 Å². The number of nitrogens with one attached hydrogen (secondary N) is 4. The first-order chi connectivity index (χ1) is 52.2.